The second-order valence-corrected chi connectivity index (χ2v) is 3.77. The van der Waals surface area contributed by atoms with Gasteiger partial charge in [-0.1, -0.05) is 0 Å². The van der Waals surface area contributed by atoms with E-state index in [0.717, 1.165) is 0 Å². The van der Waals surface area contributed by atoms with E-state index in [1.807, 2.05) is 0 Å². The minimum Gasteiger partial charge on any atom is -0.388 e. The second kappa shape index (κ2) is 3.63. The fourth-order valence-corrected chi connectivity index (χ4v) is 1.62. The largest absolute Gasteiger partial charge is 0.388 e. The highest BCUT2D eigenvalue weighted by Crippen LogP contribution is 2.12. The molecule has 82 valence electrons. The third-order valence-corrected chi connectivity index (χ3v) is 2.47. The van der Waals surface area contributed by atoms with Crippen molar-refractivity contribution >= 4 is 5.91 Å². The number of hydrogen-bond acceptors (Lipinski definition) is 4. The molecule has 1 aromatic rings. The van der Waals surface area contributed by atoms with Crippen molar-refractivity contribution in [2.75, 3.05) is 13.1 Å². The van der Waals surface area contributed by atoms with Gasteiger partial charge < -0.3 is 19.7 Å². The van der Waals surface area contributed by atoms with Crippen molar-refractivity contribution in [2.45, 2.75) is 12.2 Å². The van der Waals surface area contributed by atoms with Crippen molar-refractivity contribution in [3.63, 3.8) is 0 Å². The Morgan fingerprint density at radius 1 is 1.47 bits per heavy atom. The molecule has 1 amide bonds. The van der Waals surface area contributed by atoms with E-state index < -0.39 is 12.2 Å². The SMILES string of the molecule is Cn1cnc(C(=O)N2C[C@@H](O)[C@@H](O)C2)c1. The number of carbonyl (C=O) groups is 1. The number of likely N-dealkylation sites (tertiary alicyclic amines) is 1. The molecule has 1 aromatic heterocycles. The Bertz CT molecular complexity index is 366. The predicted molar refractivity (Wildman–Crippen MR) is 51.1 cm³/mol. The first kappa shape index (κ1) is 10.1. The number of aromatic nitrogens is 2. The Morgan fingerprint density at radius 3 is 2.53 bits per heavy atom. The molecule has 2 N–H and O–H groups in total. The molecule has 6 heteroatoms. The summed E-state index contributed by atoms with van der Waals surface area (Å²) in [5.74, 6) is -0.258. The Morgan fingerprint density at radius 2 is 2.07 bits per heavy atom. The summed E-state index contributed by atoms with van der Waals surface area (Å²) in [5, 5.41) is 18.6. The van der Waals surface area contributed by atoms with Crippen LogP contribution in [0.15, 0.2) is 12.5 Å². The van der Waals surface area contributed by atoms with E-state index in [0.29, 0.717) is 5.69 Å². The molecule has 0 aromatic carbocycles. The molecule has 0 saturated carbocycles. The molecule has 0 unspecified atom stereocenters. The molecule has 15 heavy (non-hydrogen) atoms. The molecule has 6 nitrogen and oxygen atoms in total. The van der Waals surface area contributed by atoms with Crippen LogP contribution >= 0.6 is 0 Å². The lowest BCUT2D eigenvalue weighted by atomic mass is 10.3. The average Bonchev–Trinajstić information content (AvgIpc) is 2.74. The van der Waals surface area contributed by atoms with Crippen molar-refractivity contribution in [3.8, 4) is 0 Å². The quantitative estimate of drug-likeness (QED) is 0.598. The van der Waals surface area contributed by atoms with Crippen molar-refractivity contribution in [2.24, 2.45) is 7.05 Å². The van der Waals surface area contributed by atoms with Crippen LogP contribution in [0.5, 0.6) is 0 Å². The van der Waals surface area contributed by atoms with Gasteiger partial charge in [-0.3, -0.25) is 4.79 Å². The maximum absolute atomic E-state index is 11.8. The van der Waals surface area contributed by atoms with Crippen LogP contribution in [0, 0.1) is 0 Å². The minimum atomic E-state index is -0.849. The summed E-state index contributed by atoms with van der Waals surface area (Å²) < 4.78 is 1.68. The zero-order chi connectivity index (χ0) is 11.0. The van der Waals surface area contributed by atoms with Crippen LogP contribution in [0.2, 0.25) is 0 Å². The summed E-state index contributed by atoms with van der Waals surface area (Å²) in [7, 11) is 1.78. The zero-order valence-electron chi connectivity index (χ0n) is 8.37. The lowest BCUT2D eigenvalue weighted by Crippen LogP contribution is -2.30. The lowest BCUT2D eigenvalue weighted by Gasteiger charge is -2.12. The van der Waals surface area contributed by atoms with Gasteiger partial charge in [0.15, 0.2) is 0 Å². The van der Waals surface area contributed by atoms with Gasteiger partial charge in [0.1, 0.15) is 5.69 Å². The number of β-amino-alcohol motifs (C(OH)–C–C–N with tert-alkyl or cyclic N) is 2. The normalized spacial score (nSPS) is 25.9. The highest BCUT2D eigenvalue weighted by Gasteiger charge is 2.33. The van der Waals surface area contributed by atoms with Crippen LogP contribution < -0.4 is 0 Å². The topological polar surface area (TPSA) is 78.6 Å². The molecule has 0 radical (unpaired) electrons. The van der Waals surface area contributed by atoms with Crippen molar-refractivity contribution in [1.29, 1.82) is 0 Å². The first-order chi connectivity index (χ1) is 7.08. The number of aliphatic hydroxyl groups is 2. The zero-order valence-corrected chi connectivity index (χ0v) is 8.37. The molecular weight excluding hydrogens is 198 g/mol. The number of aryl methyl sites for hydroxylation is 1. The smallest absolute Gasteiger partial charge is 0.274 e. The number of amides is 1. The van der Waals surface area contributed by atoms with Gasteiger partial charge in [-0.2, -0.15) is 0 Å². The standard InChI is InChI=1S/C9H13N3O3/c1-11-2-6(10-5-11)9(15)12-3-7(13)8(14)4-12/h2,5,7-8,13-14H,3-4H2,1H3/t7-,8+. The second-order valence-electron chi connectivity index (χ2n) is 3.77. The highest BCUT2D eigenvalue weighted by atomic mass is 16.3. The molecule has 0 aliphatic carbocycles. The first-order valence-corrected chi connectivity index (χ1v) is 4.71. The summed E-state index contributed by atoms with van der Waals surface area (Å²) in [5.41, 5.74) is 0.332. The Labute approximate surface area is 86.8 Å². The number of nitrogens with zero attached hydrogens (tertiary/aromatic N) is 3. The van der Waals surface area contributed by atoms with Gasteiger partial charge in [0, 0.05) is 26.3 Å². The summed E-state index contributed by atoms with van der Waals surface area (Å²) in [4.78, 5) is 17.1. The molecule has 1 aliphatic rings. The maximum atomic E-state index is 11.8. The lowest BCUT2D eigenvalue weighted by molar-refractivity contribution is 0.0572. The monoisotopic (exact) mass is 211 g/mol. The van der Waals surface area contributed by atoms with Crippen molar-refractivity contribution in [1.82, 2.24) is 14.5 Å². The molecule has 2 atom stereocenters. The van der Waals surface area contributed by atoms with Gasteiger partial charge in [-0.05, 0) is 0 Å². The van der Waals surface area contributed by atoms with Crippen LogP contribution in [-0.2, 0) is 7.05 Å². The van der Waals surface area contributed by atoms with Gasteiger partial charge >= 0.3 is 0 Å². The molecule has 1 saturated heterocycles. The van der Waals surface area contributed by atoms with E-state index in [9.17, 15) is 15.0 Å². The van der Waals surface area contributed by atoms with Crippen molar-refractivity contribution in [3.05, 3.63) is 18.2 Å². The van der Waals surface area contributed by atoms with Gasteiger partial charge in [-0.25, -0.2) is 4.98 Å². The van der Waals surface area contributed by atoms with Crippen LogP contribution in [0.25, 0.3) is 0 Å². The highest BCUT2D eigenvalue weighted by molar-refractivity contribution is 5.92. The molecule has 1 aliphatic heterocycles. The fraction of sp³-hybridized carbons (Fsp3) is 0.556. The fourth-order valence-electron chi connectivity index (χ4n) is 1.62. The number of aliphatic hydroxyl groups excluding tert-OH is 2. The van der Waals surface area contributed by atoms with Gasteiger partial charge in [0.25, 0.3) is 5.91 Å². The molecular formula is C9H13N3O3. The molecule has 0 bridgehead atoms. The van der Waals surface area contributed by atoms with Gasteiger partial charge in [0.2, 0.25) is 0 Å². The summed E-state index contributed by atoms with van der Waals surface area (Å²) >= 11 is 0. The Balaban J connectivity index is 2.10. The van der Waals surface area contributed by atoms with E-state index in [1.165, 1.54) is 11.2 Å². The Hall–Kier alpha value is -1.40. The number of carbonyl (C=O) groups excluding carboxylic acids is 1. The predicted octanol–water partition coefficient (Wildman–Crippen LogP) is -1.40. The van der Waals surface area contributed by atoms with Crippen LogP contribution in [0.3, 0.4) is 0 Å². The summed E-state index contributed by atoms with van der Waals surface area (Å²) in [6.07, 6.45) is 1.45. The number of hydrogen-bond donors (Lipinski definition) is 2. The first-order valence-electron chi connectivity index (χ1n) is 4.71. The third kappa shape index (κ3) is 1.86. The molecule has 2 heterocycles. The number of rotatable bonds is 1. The minimum absolute atomic E-state index is 0.163. The molecule has 1 fully saturated rings. The van der Waals surface area contributed by atoms with Crippen LogP contribution in [0.4, 0.5) is 0 Å². The van der Waals surface area contributed by atoms with Gasteiger partial charge in [-0.15, -0.1) is 0 Å². The van der Waals surface area contributed by atoms with E-state index >= 15 is 0 Å². The van der Waals surface area contributed by atoms with Crippen molar-refractivity contribution < 1.29 is 15.0 Å². The van der Waals surface area contributed by atoms with E-state index in [4.69, 9.17) is 0 Å². The summed E-state index contributed by atoms with van der Waals surface area (Å²) in [6.45, 7) is 0.327. The van der Waals surface area contributed by atoms with E-state index in [2.05, 4.69) is 4.98 Å². The number of imidazole rings is 1. The van der Waals surface area contributed by atoms with E-state index in [-0.39, 0.29) is 19.0 Å². The van der Waals surface area contributed by atoms with Crippen LogP contribution in [-0.4, -0.2) is 55.9 Å². The summed E-state index contributed by atoms with van der Waals surface area (Å²) in [6, 6.07) is 0. The van der Waals surface area contributed by atoms with Crippen LogP contribution in [0.1, 0.15) is 10.5 Å². The maximum Gasteiger partial charge on any atom is 0.274 e. The molecule has 2 rings (SSSR count). The third-order valence-electron chi connectivity index (χ3n) is 2.47. The average molecular weight is 211 g/mol. The van der Waals surface area contributed by atoms with E-state index in [1.54, 1.807) is 17.8 Å². The van der Waals surface area contributed by atoms with Gasteiger partial charge in [0.05, 0.1) is 18.5 Å². The Kier molecular flexibility index (Phi) is 2.45. The molecule has 0 spiro atoms.